The molecule has 0 rings (SSSR count). The number of aliphatic carboxylic acids is 1. The fraction of sp³-hybridized carbons (Fsp3) is 0.667. The predicted octanol–water partition coefficient (Wildman–Crippen LogP) is -0.431. The van der Waals surface area contributed by atoms with Crippen LogP contribution in [0.2, 0.25) is 0 Å². The molecule has 0 bridgehead atoms. The maximum absolute atomic E-state index is 11.1. The number of methoxy groups -OCH3 is 1. The number of amides is 2. The van der Waals surface area contributed by atoms with Crippen LogP contribution in [0.1, 0.15) is 13.3 Å². The van der Waals surface area contributed by atoms with E-state index in [9.17, 15) is 14.4 Å². The summed E-state index contributed by atoms with van der Waals surface area (Å²) < 4.78 is 4.31. The van der Waals surface area contributed by atoms with Crippen LogP contribution in [0.15, 0.2) is 0 Å². The number of ether oxygens (including phenoxy) is 1. The van der Waals surface area contributed by atoms with E-state index in [1.54, 1.807) is 6.92 Å². The molecule has 92 valence electrons. The highest BCUT2D eigenvalue weighted by Gasteiger charge is 2.15. The van der Waals surface area contributed by atoms with Crippen LogP contribution in [-0.2, 0) is 14.3 Å². The first-order valence-corrected chi connectivity index (χ1v) is 4.82. The molecule has 0 aliphatic rings. The van der Waals surface area contributed by atoms with Crippen molar-refractivity contribution in [2.45, 2.75) is 13.3 Å². The maximum Gasteiger partial charge on any atom is 0.325 e. The highest BCUT2D eigenvalue weighted by atomic mass is 16.5. The van der Waals surface area contributed by atoms with E-state index in [0.29, 0.717) is 6.42 Å². The smallest absolute Gasteiger partial charge is 0.325 e. The summed E-state index contributed by atoms with van der Waals surface area (Å²) >= 11 is 0. The molecule has 7 heteroatoms. The van der Waals surface area contributed by atoms with Crippen molar-refractivity contribution in [3.05, 3.63) is 0 Å². The molecule has 0 saturated carbocycles. The monoisotopic (exact) mass is 232 g/mol. The third-order valence-electron chi connectivity index (χ3n) is 1.97. The number of urea groups is 1. The van der Waals surface area contributed by atoms with Crippen molar-refractivity contribution in [3.63, 3.8) is 0 Å². The lowest BCUT2D eigenvalue weighted by molar-refractivity contribution is -0.142. The Morgan fingerprint density at radius 1 is 1.31 bits per heavy atom. The largest absolute Gasteiger partial charge is 0.481 e. The van der Waals surface area contributed by atoms with E-state index in [4.69, 9.17) is 5.11 Å². The Morgan fingerprint density at radius 2 is 1.94 bits per heavy atom. The standard InChI is InChI=1S/C9H16N2O5/c1-3-6(8(13)14)4-10-9(15)11-5-7(12)16-2/h6H,3-5H2,1-2H3,(H,13,14)(H2,10,11,15). The van der Waals surface area contributed by atoms with E-state index in [1.165, 1.54) is 7.11 Å². The van der Waals surface area contributed by atoms with Crippen molar-refractivity contribution in [1.29, 1.82) is 0 Å². The number of hydrogen-bond acceptors (Lipinski definition) is 4. The molecule has 0 heterocycles. The van der Waals surface area contributed by atoms with Gasteiger partial charge < -0.3 is 20.5 Å². The molecule has 3 N–H and O–H groups in total. The van der Waals surface area contributed by atoms with Crippen LogP contribution >= 0.6 is 0 Å². The van der Waals surface area contributed by atoms with Gasteiger partial charge in [-0.05, 0) is 6.42 Å². The Kier molecular flexibility index (Phi) is 6.66. The average molecular weight is 232 g/mol. The van der Waals surface area contributed by atoms with E-state index < -0.39 is 23.9 Å². The molecule has 1 atom stereocenters. The molecule has 7 nitrogen and oxygen atoms in total. The number of carboxylic acid groups (broad SMARTS) is 1. The second-order valence-electron chi connectivity index (χ2n) is 3.08. The molecule has 0 fully saturated rings. The van der Waals surface area contributed by atoms with Gasteiger partial charge in [-0.2, -0.15) is 0 Å². The van der Waals surface area contributed by atoms with E-state index in [0.717, 1.165) is 0 Å². The Balaban J connectivity index is 3.80. The third-order valence-corrected chi connectivity index (χ3v) is 1.97. The van der Waals surface area contributed by atoms with Crippen LogP contribution in [0.4, 0.5) is 4.79 Å². The average Bonchev–Trinajstić information content (AvgIpc) is 2.26. The van der Waals surface area contributed by atoms with Gasteiger partial charge in [-0.25, -0.2) is 4.79 Å². The summed E-state index contributed by atoms with van der Waals surface area (Å²) in [5, 5.41) is 13.3. The van der Waals surface area contributed by atoms with Gasteiger partial charge in [0.15, 0.2) is 0 Å². The SMILES string of the molecule is CCC(CNC(=O)NCC(=O)OC)C(=O)O. The van der Waals surface area contributed by atoms with E-state index in [1.807, 2.05) is 0 Å². The molecule has 0 spiro atoms. The quantitative estimate of drug-likeness (QED) is 0.539. The molecule has 0 radical (unpaired) electrons. The van der Waals surface area contributed by atoms with Gasteiger partial charge in [-0.15, -0.1) is 0 Å². The van der Waals surface area contributed by atoms with Crippen LogP contribution in [0.5, 0.6) is 0 Å². The van der Waals surface area contributed by atoms with Gasteiger partial charge >= 0.3 is 18.0 Å². The molecule has 0 aromatic heterocycles. The summed E-state index contributed by atoms with van der Waals surface area (Å²) in [5.41, 5.74) is 0. The van der Waals surface area contributed by atoms with Gasteiger partial charge in [-0.1, -0.05) is 6.92 Å². The molecule has 1 unspecified atom stereocenters. The fourth-order valence-corrected chi connectivity index (χ4v) is 0.909. The normalized spacial score (nSPS) is 11.4. The van der Waals surface area contributed by atoms with Crippen LogP contribution < -0.4 is 10.6 Å². The summed E-state index contributed by atoms with van der Waals surface area (Å²) in [6, 6.07) is -0.592. The number of rotatable bonds is 6. The zero-order valence-corrected chi connectivity index (χ0v) is 9.28. The molecule has 0 saturated heterocycles. The van der Waals surface area contributed by atoms with Gasteiger partial charge in [0, 0.05) is 6.54 Å². The van der Waals surface area contributed by atoms with Gasteiger partial charge in [0.1, 0.15) is 6.54 Å². The van der Waals surface area contributed by atoms with Gasteiger partial charge in [0.05, 0.1) is 13.0 Å². The first-order valence-electron chi connectivity index (χ1n) is 4.82. The van der Waals surface area contributed by atoms with Crippen molar-refractivity contribution in [2.24, 2.45) is 5.92 Å². The lowest BCUT2D eigenvalue weighted by Gasteiger charge is -2.11. The summed E-state index contributed by atoms with van der Waals surface area (Å²) in [6.07, 6.45) is 0.423. The summed E-state index contributed by atoms with van der Waals surface area (Å²) in [4.78, 5) is 32.4. The zero-order chi connectivity index (χ0) is 12.6. The zero-order valence-electron chi connectivity index (χ0n) is 9.28. The Labute approximate surface area is 93.2 Å². The maximum atomic E-state index is 11.1. The molecular formula is C9H16N2O5. The Hall–Kier alpha value is -1.79. The molecule has 0 aromatic rings. The summed E-state index contributed by atoms with van der Waals surface area (Å²) in [6.45, 7) is 1.50. The van der Waals surface area contributed by atoms with Crippen LogP contribution in [0.25, 0.3) is 0 Å². The molecule has 0 aromatic carbocycles. The first-order chi connectivity index (χ1) is 7.51. The van der Waals surface area contributed by atoms with Crippen LogP contribution in [0, 0.1) is 5.92 Å². The third kappa shape index (κ3) is 5.84. The first kappa shape index (κ1) is 14.2. The van der Waals surface area contributed by atoms with Crippen molar-refractivity contribution < 1.29 is 24.2 Å². The highest BCUT2D eigenvalue weighted by molar-refractivity contribution is 5.81. The lowest BCUT2D eigenvalue weighted by Crippen LogP contribution is -2.41. The molecular weight excluding hydrogens is 216 g/mol. The van der Waals surface area contributed by atoms with Gasteiger partial charge in [0.2, 0.25) is 0 Å². The van der Waals surface area contributed by atoms with Crippen LogP contribution in [-0.4, -0.2) is 43.3 Å². The number of hydrogen-bond donors (Lipinski definition) is 3. The lowest BCUT2D eigenvalue weighted by atomic mass is 10.1. The van der Waals surface area contributed by atoms with Crippen molar-refractivity contribution in [3.8, 4) is 0 Å². The number of carbonyl (C=O) groups is 3. The van der Waals surface area contributed by atoms with Crippen molar-refractivity contribution in [1.82, 2.24) is 10.6 Å². The number of carbonyl (C=O) groups excluding carboxylic acids is 2. The number of esters is 1. The number of nitrogens with one attached hydrogen (secondary N) is 2. The minimum atomic E-state index is -0.962. The minimum absolute atomic E-state index is 0.0266. The summed E-state index contributed by atoms with van der Waals surface area (Å²) in [5.74, 6) is -2.15. The van der Waals surface area contributed by atoms with Gasteiger partial charge in [-0.3, -0.25) is 9.59 Å². The minimum Gasteiger partial charge on any atom is -0.481 e. The van der Waals surface area contributed by atoms with Crippen LogP contribution in [0.3, 0.4) is 0 Å². The van der Waals surface area contributed by atoms with Crippen molar-refractivity contribution in [2.75, 3.05) is 20.2 Å². The second kappa shape index (κ2) is 7.49. The van der Waals surface area contributed by atoms with Gasteiger partial charge in [0.25, 0.3) is 0 Å². The molecule has 0 aliphatic carbocycles. The molecule has 16 heavy (non-hydrogen) atoms. The molecule has 2 amide bonds. The Morgan fingerprint density at radius 3 is 2.38 bits per heavy atom. The fourth-order valence-electron chi connectivity index (χ4n) is 0.909. The Bertz CT molecular complexity index is 267. The topological polar surface area (TPSA) is 105 Å². The number of carboxylic acids is 1. The van der Waals surface area contributed by atoms with E-state index >= 15 is 0 Å². The van der Waals surface area contributed by atoms with E-state index in [-0.39, 0.29) is 13.1 Å². The molecule has 0 aliphatic heterocycles. The highest BCUT2D eigenvalue weighted by Crippen LogP contribution is 1.99. The van der Waals surface area contributed by atoms with E-state index in [2.05, 4.69) is 15.4 Å². The van der Waals surface area contributed by atoms with Crippen molar-refractivity contribution >= 4 is 18.0 Å². The summed E-state index contributed by atoms with van der Waals surface area (Å²) in [7, 11) is 1.21. The predicted molar refractivity (Wildman–Crippen MR) is 54.8 cm³/mol. The second-order valence-corrected chi connectivity index (χ2v) is 3.08.